The van der Waals surface area contributed by atoms with Crippen molar-refractivity contribution in [2.75, 3.05) is 18.4 Å². The van der Waals surface area contributed by atoms with Crippen molar-refractivity contribution < 1.29 is 19.2 Å². The van der Waals surface area contributed by atoms with Crippen molar-refractivity contribution in [1.82, 2.24) is 15.5 Å². The van der Waals surface area contributed by atoms with Gasteiger partial charge in [-0.1, -0.05) is 32.4 Å². The Morgan fingerprint density at radius 1 is 1.13 bits per heavy atom. The first-order valence-electron chi connectivity index (χ1n) is 10.5. The Bertz CT molecular complexity index is 870. The van der Waals surface area contributed by atoms with Crippen LogP contribution in [0.4, 0.5) is 10.5 Å². The number of nitrogens with zero attached hydrogens (tertiary/aromatic N) is 1. The minimum atomic E-state index is -0.912. The summed E-state index contributed by atoms with van der Waals surface area (Å²) in [4.78, 5) is 50.6. The molecule has 0 radical (unpaired) electrons. The number of hydrogen-bond donors (Lipinski definition) is 3. The summed E-state index contributed by atoms with van der Waals surface area (Å²) in [6.07, 6.45) is 2.84. The maximum Gasteiger partial charge on any atom is 0.325 e. The molecular weight excluding hydrogens is 420 g/mol. The van der Waals surface area contributed by atoms with Crippen LogP contribution in [-0.4, -0.2) is 47.3 Å². The molecule has 0 aromatic heterocycles. The van der Waals surface area contributed by atoms with Gasteiger partial charge in [-0.25, -0.2) is 4.79 Å². The van der Waals surface area contributed by atoms with E-state index in [1.807, 2.05) is 0 Å². The Labute approximate surface area is 187 Å². The van der Waals surface area contributed by atoms with Crippen molar-refractivity contribution in [3.05, 3.63) is 29.3 Å². The molecule has 2 fully saturated rings. The number of carbonyl (C=O) groups excluding carboxylic acids is 4. The van der Waals surface area contributed by atoms with E-state index in [0.717, 1.165) is 17.7 Å². The molecule has 1 aliphatic carbocycles. The monoisotopic (exact) mass is 448 g/mol. The third-order valence-corrected chi connectivity index (χ3v) is 6.44. The van der Waals surface area contributed by atoms with Gasteiger partial charge in [0.05, 0.1) is 6.54 Å². The fourth-order valence-electron chi connectivity index (χ4n) is 4.25. The zero-order valence-electron chi connectivity index (χ0n) is 18.1. The van der Waals surface area contributed by atoms with Gasteiger partial charge in [-0.15, -0.1) is 0 Å². The molecule has 3 rings (SSSR count). The molecule has 2 aliphatic rings. The van der Waals surface area contributed by atoms with Crippen molar-refractivity contribution in [3.63, 3.8) is 0 Å². The van der Waals surface area contributed by atoms with Gasteiger partial charge in [0.1, 0.15) is 12.1 Å². The van der Waals surface area contributed by atoms with Gasteiger partial charge < -0.3 is 16.0 Å². The average molecular weight is 449 g/mol. The van der Waals surface area contributed by atoms with Crippen LogP contribution >= 0.6 is 11.6 Å². The maximum atomic E-state index is 13.0. The van der Waals surface area contributed by atoms with E-state index in [-0.39, 0.29) is 17.9 Å². The van der Waals surface area contributed by atoms with Crippen LogP contribution in [-0.2, 0) is 14.4 Å². The third-order valence-electron chi connectivity index (χ3n) is 6.19. The van der Waals surface area contributed by atoms with Crippen LogP contribution in [0, 0.1) is 11.3 Å². The van der Waals surface area contributed by atoms with E-state index in [0.29, 0.717) is 29.5 Å². The van der Waals surface area contributed by atoms with Crippen LogP contribution in [0.3, 0.4) is 0 Å². The highest BCUT2D eigenvalue weighted by Crippen LogP contribution is 2.43. The smallest absolute Gasteiger partial charge is 0.325 e. The van der Waals surface area contributed by atoms with Crippen LogP contribution in [0.25, 0.3) is 0 Å². The van der Waals surface area contributed by atoms with Gasteiger partial charge >= 0.3 is 6.03 Å². The highest BCUT2D eigenvalue weighted by Gasteiger charge is 2.53. The van der Waals surface area contributed by atoms with Gasteiger partial charge in [0.25, 0.3) is 5.91 Å². The lowest BCUT2D eigenvalue weighted by molar-refractivity contribution is -0.136. The Hall–Kier alpha value is -2.61. The Balaban J connectivity index is 1.50. The van der Waals surface area contributed by atoms with Crippen molar-refractivity contribution in [2.24, 2.45) is 11.3 Å². The van der Waals surface area contributed by atoms with Crippen LogP contribution in [0.2, 0.25) is 5.02 Å². The summed E-state index contributed by atoms with van der Waals surface area (Å²) in [7, 11) is 0. The third kappa shape index (κ3) is 5.36. The summed E-state index contributed by atoms with van der Waals surface area (Å²) in [5.74, 6) is -0.870. The van der Waals surface area contributed by atoms with Crippen LogP contribution < -0.4 is 16.0 Å². The number of hydrogen-bond acceptors (Lipinski definition) is 4. The number of benzene rings is 1. The molecule has 1 saturated carbocycles. The molecule has 3 N–H and O–H groups in total. The fourth-order valence-corrected chi connectivity index (χ4v) is 4.38. The number of nitrogens with one attached hydrogen (secondary N) is 3. The zero-order valence-corrected chi connectivity index (χ0v) is 18.8. The standard InChI is InChI=1S/C22H29ClN4O4/c1-21(2,3)14-8-10-22(11-9-14)19(30)27(20(31)26-22)13-18(29)24-12-17(28)25-16-6-4-15(23)5-7-16/h4-7,14H,8-13H2,1-3H3,(H,24,29)(H,25,28)(H,26,31). The van der Waals surface area contributed by atoms with Gasteiger partial charge in [-0.05, 0) is 61.3 Å². The topological polar surface area (TPSA) is 108 Å². The average Bonchev–Trinajstić information content (AvgIpc) is 2.92. The highest BCUT2D eigenvalue weighted by molar-refractivity contribution is 6.30. The van der Waals surface area contributed by atoms with Gasteiger partial charge in [-0.2, -0.15) is 0 Å². The summed E-state index contributed by atoms with van der Waals surface area (Å²) in [6, 6.07) is 6.00. The molecule has 0 atom stereocenters. The minimum Gasteiger partial charge on any atom is -0.345 e. The molecule has 168 valence electrons. The lowest BCUT2D eigenvalue weighted by atomic mass is 9.67. The van der Waals surface area contributed by atoms with E-state index in [1.165, 1.54) is 0 Å². The molecule has 1 heterocycles. The summed E-state index contributed by atoms with van der Waals surface area (Å²) < 4.78 is 0. The lowest BCUT2D eigenvalue weighted by Gasteiger charge is -2.40. The molecule has 1 aliphatic heterocycles. The number of anilines is 1. The maximum absolute atomic E-state index is 13.0. The second-order valence-corrected chi connectivity index (χ2v) is 9.81. The van der Waals surface area contributed by atoms with E-state index >= 15 is 0 Å². The number of amides is 5. The van der Waals surface area contributed by atoms with Gasteiger partial charge in [-0.3, -0.25) is 19.3 Å². The predicted octanol–water partition coefficient (Wildman–Crippen LogP) is 2.92. The first kappa shape index (κ1) is 23.1. The lowest BCUT2D eigenvalue weighted by Crippen LogP contribution is -2.51. The predicted molar refractivity (Wildman–Crippen MR) is 117 cm³/mol. The van der Waals surface area contributed by atoms with Crippen LogP contribution in [0.1, 0.15) is 46.5 Å². The first-order chi connectivity index (χ1) is 14.5. The van der Waals surface area contributed by atoms with Crippen LogP contribution in [0.5, 0.6) is 0 Å². The van der Waals surface area contributed by atoms with Gasteiger partial charge in [0, 0.05) is 10.7 Å². The number of urea groups is 1. The molecular formula is C22H29ClN4O4. The largest absolute Gasteiger partial charge is 0.345 e. The molecule has 0 unspecified atom stereocenters. The molecule has 8 nitrogen and oxygen atoms in total. The molecule has 31 heavy (non-hydrogen) atoms. The summed E-state index contributed by atoms with van der Waals surface area (Å²) in [5, 5.41) is 8.44. The van der Waals surface area contributed by atoms with E-state index in [2.05, 4.69) is 36.7 Å². The van der Waals surface area contributed by atoms with Gasteiger partial charge in [0.15, 0.2) is 0 Å². The molecule has 1 saturated heterocycles. The Morgan fingerprint density at radius 3 is 2.32 bits per heavy atom. The zero-order chi connectivity index (χ0) is 22.8. The first-order valence-corrected chi connectivity index (χ1v) is 10.8. The normalized spacial score (nSPS) is 23.6. The van der Waals surface area contributed by atoms with Crippen molar-refractivity contribution in [1.29, 1.82) is 0 Å². The summed E-state index contributed by atoms with van der Waals surface area (Å²) in [6.45, 7) is 5.87. The number of rotatable bonds is 5. The van der Waals surface area contributed by atoms with Crippen molar-refractivity contribution in [3.8, 4) is 0 Å². The fraction of sp³-hybridized carbons (Fsp3) is 0.545. The highest BCUT2D eigenvalue weighted by atomic mass is 35.5. The second kappa shape index (κ2) is 8.86. The Kier molecular flexibility index (Phi) is 6.59. The van der Waals surface area contributed by atoms with Gasteiger partial charge in [0.2, 0.25) is 11.8 Å². The Morgan fingerprint density at radius 2 is 1.74 bits per heavy atom. The second-order valence-electron chi connectivity index (χ2n) is 9.38. The van der Waals surface area contributed by atoms with Crippen LogP contribution in [0.15, 0.2) is 24.3 Å². The van der Waals surface area contributed by atoms with E-state index in [1.54, 1.807) is 24.3 Å². The van der Waals surface area contributed by atoms with E-state index < -0.39 is 29.9 Å². The summed E-state index contributed by atoms with van der Waals surface area (Å²) >= 11 is 5.80. The number of imide groups is 1. The molecule has 0 bridgehead atoms. The van der Waals surface area contributed by atoms with Crippen molar-refractivity contribution >= 4 is 41.0 Å². The molecule has 1 spiro atoms. The van der Waals surface area contributed by atoms with E-state index in [4.69, 9.17) is 11.6 Å². The van der Waals surface area contributed by atoms with E-state index in [9.17, 15) is 19.2 Å². The molecule has 1 aromatic rings. The minimum absolute atomic E-state index is 0.152. The molecule has 1 aromatic carbocycles. The molecule has 5 amide bonds. The number of carbonyl (C=O) groups is 4. The quantitative estimate of drug-likeness (QED) is 0.602. The summed E-state index contributed by atoms with van der Waals surface area (Å²) in [5.41, 5.74) is -0.213. The van der Waals surface area contributed by atoms with Crippen molar-refractivity contribution in [2.45, 2.75) is 52.0 Å². The SMILES string of the molecule is CC(C)(C)C1CCC2(CC1)NC(=O)N(CC(=O)NCC(=O)Nc1ccc(Cl)cc1)C2=O. The number of halogens is 1. The molecule has 9 heteroatoms.